The maximum Gasteiger partial charge on any atom is 0.313 e. The number of hydrogen-bond acceptors (Lipinski definition) is 7. The van der Waals surface area contributed by atoms with Crippen molar-refractivity contribution in [3.05, 3.63) is 71.8 Å². The lowest BCUT2D eigenvalue weighted by molar-refractivity contribution is -0.148. The van der Waals surface area contributed by atoms with Gasteiger partial charge in [0.1, 0.15) is 12.1 Å². The second-order valence-electron chi connectivity index (χ2n) is 9.16. The van der Waals surface area contributed by atoms with Gasteiger partial charge in [0.15, 0.2) is 12.0 Å². The number of aromatic nitrogens is 3. The van der Waals surface area contributed by atoms with Crippen molar-refractivity contribution in [2.45, 2.75) is 57.8 Å². The van der Waals surface area contributed by atoms with Crippen LogP contribution in [0.1, 0.15) is 57.4 Å². The highest BCUT2D eigenvalue weighted by Gasteiger charge is 2.34. The first kappa shape index (κ1) is 25.3. The molecule has 0 aliphatic rings. The fourth-order valence-corrected chi connectivity index (χ4v) is 3.62. The highest BCUT2D eigenvalue weighted by atomic mass is 16.5. The van der Waals surface area contributed by atoms with E-state index in [2.05, 4.69) is 16.9 Å². The first-order valence-electron chi connectivity index (χ1n) is 11.1. The van der Waals surface area contributed by atoms with Gasteiger partial charge in [-0.2, -0.15) is 0 Å². The fourth-order valence-electron chi connectivity index (χ4n) is 3.62. The van der Waals surface area contributed by atoms with Gasteiger partial charge in [-0.05, 0) is 42.7 Å². The average molecular weight is 466 g/mol. The van der Waals surface area contributed by atoms with Crippen molar-refractivity contribution in [3.63, 3.8) is 0 Å². The zero-order valence-electron chi connectivity index (χ0n) is 19.9. The smallest absolute Gasteiger partial charge is 0.313 e. The molecule has 8 heteroatoms. The number of ketones is 1. The van der Waals surface area contributed by atoms with Gasteiger partial charge in [0, 0.05) is 11.8 Å². The topological polar surface area (TPSA) is 115 Å². The van der Waals surface area contributed by atoms with E-state index >= 15 is 0 Å². The number of aliphatic hydroxyl groups excluding tert-OH is 2. The lowest BCUT2D eigenvalue weighted by Gasteiger charge is -2.31. The van der Waals surface area contributed by atoms with Crippen LogP contribution in [0, 0.1) is 0 Å². The third-order valence-corrected chi connectivity index (χ3v) is 6.05. The van der Waals surface area contributed by atoms with E-state index in [1.807, 2.05) is 62.4 Å². The fraction of sp³-hybridized carbons (Fsp3) is 0.385. The number of aliphatic hydroxyl groups is 2. The number of nitrogens with zero attached hydrogens (tertiary/aromatic N) is 3. The molecule has 3 atom stereocenters. The van der Waals surface area contributed by atoms with Crippen LogP contribution in [-0.4, -0.2) is 49.7 Å². The molecule has 0 saturated heterocycles. The van der Waals surface area contributed by atoms with Crippen molar-refractivity contribution < 1.29 is 24.5 Å². The second-order valence-corrected chi connectivity index (χ2v) is 9.16. The van der Waals surface area contributed by atoms with Crippen molar-refractivity contribution in [1.82, 2.24) is 15.0 Å². The quantitative estimate of drug-likeness (QED) is 0.348. The van der Waals surface area contributed by atoms with Crippen molar-refractivity contribution in [2.24, 2.45) is 0 Å². The maximum atomic E-state index is 12.6. The number of fused-ring (bicyclic) bond motifs is 1. The Morgan fingerprint density at radius 2 is 1.85 bits per heavy atom. The van der Waals surface area contributed by atoms with E-state index in [0.29, 0.717) is 16.7 Å². The summed E-state index contributed by atoms with van der Waals surface area (Å²) in [6.07, 6.45) is -2.23. The van der Waals surface area contributed by atoms with Crippen LogP contribution in [0.3, 0.4) is 0 Å². The number of esters is 1. The van der Waals surface area contributed by atoms with Crippen LogP contribution in [0.4, 0.5) is 0 Å². The van der Waals surface area contributed by atoms with Crippen molar-refractivity contribution in [2.75, 3.05) is 6.61 Å². The number of carbonyl (C=O) groups is 2. The van der Waals surface area contributed by atoms with E-state index in [1.165, 1.54) is 4.68 Å². The lowest BCUT2D eigenvalue weighted by atomic mass is 9.81. The normalized spacial score (nSPS) is 14.4. The zero-order valence-corrected chi connectivity index (χ0v) is 19.9. The van der Waals surface area contributed by atoms with E-state index in [9.17, 15) is 19.8 Å². The van der Waals surface area contributed by atoms with Crippen molar-refractivity contribution in [3.8, 4) is 0 Å². The Bertz CT molecular complexity index is 1200. The minimum Gasteiger partial charge on any atom is -0.462 e. The second kappa shape index (κ2) is 10.3. The standard InChI is InChI=1S/C26H31N3O5/c1-16(2)23(31)14-20(30)15-34-24(32)17(3)18-9-8-10-19(13-18)26(4,5)25(33)29-22-12-7-6-11-21(22)27-28-29/h6-13,17,20,25,30,33H,1,14-15H2,2-5H3. The summed E-state index contributed by atoms with van der Waals surface area (Å²) in [6.45, 7) is 10.3. The van der Waals surface area contributed by atoms with Crippen LogP contribution in [0.5, 0.6) is 0 Å². The van der Waals surface area contributed by atoms with E-state index in [4.69, 9.17) is 4.74 Å². The molecular weight excluding hydrogens is 434 g/mol. The molecule has 0 spiro atoms. The summed E-state index contributed by atoms with van der Waals surface area (Å²) in [4.78, 5) is 24.3. The summed E-state index contributed by atoms with van der Waals surface area (Å²) in [5.41, 5.74) is 2.52. The molecule has 2 aromatic carbocycles. The number of carbonyl (C=O) groups excluding carboxylic acids is 2. The van der Waals surface area contributed by atoms with Crippen molar-refractivity contribution >= 4 is 22.8 Å². The van der Waals surface area contributed by atoms with Crippen LogP contribution in [0.15, 0.2) is 60.7 Å². The third-order valence-electron chi connectivity index (χ3n) is 6.05. The Hall–Kier alpha value is -3.36. The van der Waals surface area contributed by atoms with Crippen LogP contribution < -0.4 is 0 Å². The van der Waals surface area contributed by atoms with Gasteiger partial charge in [0.25, 0.3) is 0 Å². The van der Waals surface area contributed by atoms with E-state index in [0.717, 1.165) is 11.1 Å². The molecule has 3 unspecified atom stereocenters. The molecule has 0 aliphatic carbocycles. The molecular formula is C26H31N3O5. The van der Waals surface area contributed by atoms with Gasteiger partial charge in [-0.3, -0.25) is 9.59 Å². The van der Waals surface area contributed by atoms with E-state index in [1.54, 1.807) is 13.8 Å². The molecule has 0 saturated carbocycles. The van der Waals surface area contributed by atoms with Gasteiger partial charge in [0.05, 0.1) is 17.5 Å². The molecule has 34 heavy (non-hydrogen) atoms. The number of para-hydroxylation sites is 1. The molecule has 3 aromatic rings. The zero-order chi connectivity index (χ0) is 25.0. The SMILES string of the molecule is C=C(C)C(=O)CC(O)COC(=O)C(C)c1cccc(C(C)(C)C(O)n2nnc3ccccc32)c1. The summed E-state index contributed by atoms with van der Waals surface area (Å²) in [5.74, 6) is -1.39. The molecule has 0 amide bonds. The van der Waals surface area contributed by atoms with Crippen LogP contribution in [0.25, 0.3) is 11.0 Å². The maximum absolute atomic E-state index is 12.6. The van der Waals surface area contributed by atoms with Crippen LogP contribution >= 0.6 is 0 Å². The Morgan fingerprint density at radius 1 is 1.15 bits per heavy atom. The van der Waals surface area contributed by atoms with Gasteiger partial charge in [-0.1, -0.05) is 62.0 Å². The lowest BCUT2D eigenvalue weighted by Crippen LogP contribution is -2.32. The molecule has 0 aliphatic heterocycles. The van der Waals surface area contributed by atoms with Gasteiger partial charge < -0.3 is 14.9 Å². The van der Waals surface area contributed by atoms with Crippen LogP contribution in [0.2, 0.25) is 0 Å². The van der Waals surface area contributed by atoms with Gasteiger partial charge in [-0.15, -0.1) is 5.10 Å². The number of hydrogen-bond donors (Lipinski definition) is 2. The Morgan fingerprint density at radius 3 is 2.56 bits per heavy atom. The summed E-state index contributed by atoms with van der Waals surface area (Å²) in [6, 6.07) is 14.8. The summed E-state index contributed by atoms with van der Waals surface area (Å²) in [7, 11) is 0. The highest BCUT2D eigenvalue weighted by molar-refractivity contribution is 5.94. The molecule has 3 rings (SSSR count). The summed E-state index contributed by atoms with van der Waals surface area (Å²) >= 11 is 0. The van der Waals surface area contributed by atoms with Gasteiger partial charge in [-0.25, -0.2) is 4.68 Å². The number of ether oxygens (including phenoxy) is 1. The minimum absolute atomic E-state index is 0.143. The summed E-state index contributed by atoms with van der Waals surface area (Å²) in [5, 5.41) is 29.4. The Balaban J connectivity index is 1.73. The first-order chi connectivity index (χ1) is 16.0. The third kappa shape index (κ3) is 5.40. The minimum atomic E-state index is -1.08. The molecule has 0 bridgehead atoms. The Labute approximate surface area is 198 Å². The molecule has 0 radical (unpaired) electrons. The van der Waals surface area contributed by atoms with Gasteiger partial charge >= 0.3 is 5.97 Å². The highest BCUT2D eigenvalue weighted by Crippen LogP contribution is 2.36. The van der Waals surface area contributed by atoms with Crippen molar-refractivity contribution in [1.29, 1.82) is 0 Å². The molecule has 8 nitrogen and oxygen atoms in total. The first-order valence-corrected chi connectivity index (χ1v) is 11.1. The molecule has 180 valence electrons. The predicted octanol–water partition coefficient (Wildman–Crippen LogP) is 3.44. The van der Waals surface area contributed by atoms with Crippen LogP contribution in [-0.2, 0) is 19.7 Å². The summed E-state index contributed by atoms with van der Waals surface area (Å²) < 4.78 is 6.73. The number of benzene rings is 2. The molecule has 2 N–H and O–H groups in total. The largest absolute Gasteiger partial charge is 0.462 e. The molecule has 0 fully saturated rings. The van der Waals surface area contributed by atoms with E-state index in [-0.39, 0.29) is 18.8 Å². The number of Topliss-reactive ketones (excluding diaryl/α,β-unsaturated/α-hetero) is 1. The Kier molecular flexibility index (Phi) is 7.64. The average Bonchev–Trinajstić information content (AvgIpc) is 3.25. The number of allylic oxidation sites excluding steroid dienone is 1. The van der Waals surface area contributed by atoms with Gasteiger partial charge in [0.2, 0.25) is 0 Å². The molecule has 1 aromatic heterocycles. The monoisotopic (exact) mass is 465 g/mol. The molecule has 1 heterocycles. The van der Waals surface area contributed by atoms with E-state index < -0.39 is 29.6 Å². The number of rotatable bonds is 10. The predicted molar refractivity (Wildman–Crippen MR) is 128 cm³/mol.